The number of para-hydroxylation sites is 1. The van der Waals surface area contributed by atoms with Crippen molar-refractivity contribution in [1.82, 2.24) is 15.3 Å². The maximum absolute atomic E-state index is 13.2. The van der Waals surface area contributed by atoms with Crippen LogP contribution in [0.4, 0.5) is 19.0 Å². The number of carbonyl (C=O) groups is 1. The summed E-state index contributed by atoms with van der Waals surface area (Å²) in [4.78, 5) is 22.2. The molecule has 4 rings (SSSR count). The summed E-state index contributed by atoms with van der Waals surface area (Å²) >= 11 is 1.38. The highest BCUT2D eigenvalue weighted by Gasteiger charge is 2.36. The Hall–Kier alpha value is -2.68. The van der Waals surface area contributed by atoms with Crippen LogP contribution in [0.5, 0.6) is 0 Å². The fourth-order valence-electron chi connectivity index (χ4n) is 3.33. The summed E-state index contributed by atoms with van der Waals surface area (Å²) in [6.07, 6.45) is -3.33. The van der Waals surface area contributed by atoms with E-state index in [0.29, 0.717) is 42.0 Å². The summed E-state index contributed by atoms with van der Waals surface area (Å²) in [6, 6.07) is 10.3. The number of hydrogen-bond donors (Lipinski definition) is 1. The minimum absolute atomic E-state index is 0.0129. The lowest BCUT2D eigenvalue weighted by Gasteiger charge is -2.33. The predicted molar refractivity (Wildman–Crippen MR) is 102 cm³/mol. The molecule has 0 bridgehead atoms. The molecule has 9 heteroatoms. The Bertz CT molecular complexity index is 983. The van der Waals surface area contributed by atoms with Crippen molar-refractivity contribution in [2.45, 2.75) is 25.1 Å². The van der Waals surface area contributed by atoms with Gasteiger partial charge < -0.3 is 10.2 Å². The molecule has 0 aliphatic carbocycles. The monoisotopic (exact) mass is 406 g/mol. The molecule has 1 aromatic carbocycles. The first-order valence-corrected chi connectivity index (χ1v) is 9.73. The lowest BCUT2D eigenvalue weighted by molar-refractivity contribution is -0.144. The molecule has 0 spiro atoms. The van der Waals surface area contributed by atoms with Gasteiger partial charge in [0.1, 0.15) is 5.82 Å². The van der Waals surface area contributed by atoms with E-state index >= 15 is 0 Å². The lowest BCUT2D eigenvalue weighted by Crippen LogP contribution is -2.45. The second-order valence-electron chi connectivity index (χ2n) is 6.60. The van der Waals surface area contributed by atoms with Crippen LogP contribution in [0.25, 0.3) is 10.9 Å². The average Bonchev–Trinajstić information content (AvgIpc) is 3.22. The number of nitrogens with one attached hydrogen (secondary N) is 1. The number of fused-ring (bicyclic) bond motifs is 1. The van der Waals surface area contributed by atoms with Crippen molar-refractivity contribution in [2.75, 3.05) is 18.0 Å². The van der Waals surface area contributed by atoms with Crippen LogP contribution in [0.15, 0.2) is 41.8 Å². The van der Waals surface area contributed by atoms with E-state index in [1.165, 1.54) is 11.3 Å². The Balaban J connectivity index is 1.53. The van der Waals surface area contributed by atoms with Crippen molar-refractivity contribution in [1.29, 1.82) is 0 Å². The third-order valence-electron chi connectivity index (χ3n) is 4.71. The van der Waals surface area contributed by atoms with E-state index in [-0.39, 0.29) is 17.5 Å². The molecule has 0 atom stereocenters. The first-order valence-electron chi connectivity index (χ1n) is 8.85. The third-order valence-corrected chi connectivity index (χ3v) is 5.58. The van der Waals surface area contributed by atoms with E-state index in [1.54, 1.807) is 30.3 Å². The molecule has 1 saturated heterocycles. The molecule has 3 aromatic rings. The summed E-state index contributed by atoms with van der Waals surface area (Å²) in [5.74, 6) is -0.949. The van der Waals surface area contributed by atoms with Crippen LogP contribution < -0.4 is 10.2 Å². The molecule has 0 saturated carbocycles. The largest absolute Gasteiger partial charge is 0.451 e. The molecule has 1 aliphatic rings. The Morgan fingerprint density at radius 3 is 2.54 bits per heavy atom. The van der Waals surface area contributed by atoms with E-state index in [0.717, 1.165) is 0 Å². The SMILES string of the molecule is O=C(NC1CCN(c2nc(C(F)(F)F)nc3ccccc23)CC1)c1cccs1. The quantitative estimate of drug-likeness (QED) is 0.711. The number of nitrogens with zero attached hydrogens (tertiary/aromatic N) is 3. The van der Waals surface area contributed by atoms with Crippen molar-refractivity contribution in [3.05, 3.63) is 52.5 Å². The maximum Gasteiger partial charge on any atom is 0.451 e. The zero-order chi connectivity index (χ0) is 19.7. The molecule has 1 N–H and O–H groups in total. The molecule has 1 amide bonds. The Kier molecular flexibility index (Phi) is 4.92. The van der Waals surface area contributed by atoms with Gasteiger partial charge in [0.15, 0.2) is 0 Å². The highest BCUT2D eigenvalue weighted by molar-refractivity contribution is 7.12. The van der Waals surface area contributed by atoms with Crippen molar-refractivity contribution in [3.8, 4) is 0 Å². The average molecular weight is 406 g/mol. The fourth-order valence-corrected chi connectivity index (χ4v) is 3.95. The van der Waals surface area contributed by atoms with Crippen molar-refractivity contribution in [3.63, 3.8) is 0 Å². The topological polar surface area (TPSA) is 58.1 Å². The Morgan fingerprint density at radius 1 is 1.11 bits per heavy atom. The highest BCUT2D eigenvalue weighted by Crippen LogP contribution is 2.32. The summed E-state index contributed by atoms with van der Waals surface area (Å²) in [7, 11) is 0. The molecular weight excluding hydrogens is 389 g/mol. The first-order chi connectivity index (χ1) is 13.4. The number of alkyl halides is 3. The van der Waals surface area contributed by atoms with Gasteiger partial charge in [0, 0.05) is 24.5 Å². The minimum Gasteiger partial charge on any atom is -0.356 e. The molecule has 5 nitrogen and oxygen atoms in total. The standard InChI is InChI=1S/C19H17F3N4OS/c20-19(21,22)18-24-14-5-2-1-4-13(14)16(25-18)26-9-7-12(8-10-26)23-17(27)15-6-3-11-28-15/h1-6,11-12H,7-10H2,(H,23,27). The van der Waals surface area contributed by atoms with Crippen LogP contribution >= 0.6 is 11.3 Å². The number of hydrogen-bond acceptors (Lipinski definition) is 5. The summed E-state index contributed by atoms with van der Waals surface area (Å²) in [5, 5.41) is 5.44. The molecule has 1 fully saturated rings. The number of thiophene rings is 1. The second-order valence-corrected chi connectivity index (χ2v) is 7.55. The molecule has 0 radical (unpaired) electrons. The smallest absolute Gasteiger partial charge is 0.356 e. The first kappa shape index (κ1) is 18.7. The molecule has 146 valence electrons. The third kappa shape index (κ3) is 3.80. The molecule has 0 unspecified atom stereocenters. The summed E-state index contributed by atoms with van der Waals surface area (Å²) in [5.41, 5.74) is 0.271. The van der Waals surface area contributed by atoms with Gasteiger partial charge >= 0.3 is 6.18 Å². The normalized spacial score (nSPS) is 15.8. The van der Waals surface area contributed by atoms with Gasteiger partial charge in [-0.3, -0.25) is 4.79 Å². The van der Waals surface area contributed by atoms with Crippen LogP contribution in [-0.4, -0.2) is 35.0 Å². The van der Waals surface area contributed by atoms with Crippen LogP contribution in [0.3, 0.4) is 0 Å². The zero-order valence-corrected chi connectivity index (χ0v) is 15.6. The Labute approximate surface area is 163 Å². The molecular formula is C19H17F3N4OS. The number of amides is 1. The van der Waals surface area contributed by atoms with Crippen LogP contribution in [0.2, 0.25) is 0 Å². The second kappa shape index (κ2) is 7.38. The Morgan fingerprint density at radius 2 is 1.86 bits per heavy atom. The van der Waals surface area contributed by atoms with Gasteiger partial charge in [-0.2, -0.15) is 13.2 Å². The summed E-state index contributed by atoms with van der Waals surface area (Å²) < 4.78 is 39.6. The van der Waals surface area contributed by atoms with Crippen LogP contribution in [0, 0.1) is 0 Å². The molecule has 1 aliphatic heterocycles. The zero-order valence-electron chi connectivity index (χ0n) is 14.7. The van der Waals surface area contributed by atoms with Gasteiger partial charge in [-0.25, -0.2) is 9.97 Å². The van der Waals surface area contributed by atoms with E-state index in [4.69, 9.17) is 0 Å². The number of anilines is 1. The highest BCUT2D eigenvalue weighted by atomic mass is 32.1. The van der Waals surface area contributed by atoms with Gasteiger partial charge in [0.25, 0.3) is 5.91 Å². The lowest BCUT2D eigenvalue weighted by atomic mass is 10.0. The van der Waals surface area contributed by atoms with E-state index < -0.39 is 12.0 Å². The molecule has 2 aromatic heterocycles. The number of halogens is 3. The minimum atomic E-state index is -4.61. The molecule has 28 heavy (non-hydrogen) atoms. The van der Waals surface area contributed by atoms with E-state index in [1.807, 2.05) is 16.3 Å². The van der Waals surface area contributed by atoms with E-state index in [9.17, 15) is 18.0 Å². The summed E-state index contributed by atoms with van der Waals surface area (Å²) in [6.45, 7) is 1.02. The van der Waals surface area contributed by atoms with Gasteiger partial charge in [-0.1, -0.05) is 18.2 Å². The van der Waals surface area contributed by atoms with Gasteiger partial charge in [0.2, 0.25) is 5.82 Å². The van der Waals surface area contributed by atoms with Gasteiger partial charge in [-0.15, -0.1) is 11.3 Å². The fraction of sp³-hybridized carbons (Fsp3) is 0.316. The van der Waals surface area contributed by atoms with Gasteiger partial charge in [0.05, 0.1) is 10.4 Å². The number of benzene rings is 1. The van der Waals surface area contributed by atoms with Crippen molar-refractivity contribution >= 4 is 34.0 Å². The van der Waals surface area contributed by atoms with Crippen LogP contribution in [0.1, 0.15) is 28.3 Å². The van der Waals surface area contributed by atoms with Crippen molar-refractivity contribution in [2.24, 2.45) is 0 Å². The van der Waals surface area contributed by atoms with E-state index in [2.05, 4.69) is 15.3 Å². The number of rotatable bonds is 3. The number of carbonyl (C=O) groups excluding carboxylic acids is 1. The molecule has 3 heterocycles. The van der Waals surface area contributed by atoms with Gasteiger partial charge in [-0.05, 0) is 36.4 Å². The van der Waals surface area contributed by atoms with Crippen LogP contribution in [-0.2, 0) is 6.18 Å². The predicted octanol–water partition coefficient (Wildman–Crippen LogP) is 4.11. The van der Waals surface area contributed by atoms with Crippen molar-refractivity contribution < 1.29 is 18.0 Å². The maximum atomic E-state index is 13.2. The number of piperidine rings is 1. The number of aromatic nitrogens is 2.